The summed E-state index contributed by atoms with van der Waals surface area (Å²) in [4.78, 5) is 0.0765. The fourth-order valence-electron chi connectivity index (χ4n) is 1.86. The van der Waals surface area contributed by atoms with Crippen molar-refractivity contribution in [2.75, 3.05) is 29.6 Å². The first-order valence-electron chi connectivity index (χ1n) is 6.38. The molecule has 0 radical (unpaired) electrons. The van der Waals surface area contributed by atoms with E-state index < -0.39 is 19.9 Å². The van der Waals surface area contributed by atoms with Crippen molar-refractivity contribution in [2.45, 2.75) is 24.8 Å². The van der Waals surface area contributed by atoms with Gasteiger partial charge in [0.1, 0.15) is 9.84 Å². The summed E-state index contributed by atoms with van der Waals surface area (Å²) in [5.74, 6) is -0.0728. The molecule has 1 rings (SSSR count). The van der Waals surface area contributed by atoms with Crippen molar-refractivity contribution in [1.29, 1.82) is 0 Å². The van der Waals surface area contributed by atoms with Gasteiger partial charge >= 0.3 is 0 Å². The number of sulfonamides is 1. The molecule has 0 saturated heterocycles. The summed E-state index contributed by atoms with van der Waals surface area (Å²) in [5.41, 5.74) is 6.54. The molecule has 1 atom stereocenters. The van der Waals surface area contributed by atoms with E-state index in [1.807, 2.05) is 0 Å². The van der Waals surface area contributed by atoms with E-state index in [0.717, 1.165) is 6.26 Å². The second kappa shape index (κ2) is 6.63. The number of sulfone groups is 1. The molecule has 1 unspecified atom stereocenters. The highest BCUT2D eigenvalue weighted by molar-refractivity contribution is 7.90. The van der Waals surface area contributed by atoms with Crippen molar-refractivity contribution in [3.63, 3.8) is 0 Å². The van der Waals surface area contributed by atoms with Gasteiger partial charge in [-0.05, 0) is 25.1 Å². The van der Waals surface area contributed by atoms with E-state index in [0.29, 0.717) is 11.4 Å². The molecule has 0 fully saturated rings. The normalized spacial score (nSPS) is 13.9. The van der Waals surface area contributed by atoms with E-state index >= 15 is 0 Å². The first-order chi connectivity index (χ1) is 9.55. The van der Waals surface area contributed by atoms with Crippen molar-refractivity contribution < 1.29 is 16.8 Å². The van der Waals surface area contributed by atoms with Gasteiger partial charge in [0, 0.05) is 18.8 Å². The Labute approximate surface area is 125 Å². The summed E-state index contributed by atoms with van der Waals surface area (Å²) in [6.45, 7) is 3.65. The van der Waals surface area contributed by atoms with E-state index in [9.17, 15) is 16.8 Å². The topological polar surface area (TPSA) is 118 Å². The van der Waals surface area contributed by atoms with Crippen molar-refractivity contribution >= 4 is 31.2 Å². The Bertz CT molecular complexity index is 699. The number of anilines is 2. The van der Waals surface area contributed by atoms with Gasteiger partial charge in [-0.25, -0.2) is 21.6 Å². The molecule has 4 N–H and O–H groups in total. The highest BCUT2D eigenvalue weighted by Gasteiger charge is 2.16. The molecule has 0 amide bonds. The third kappa shape index (κ3) is 5.52. The Balaban J connectivity index is 3.04. The van der Waals surface area contributed by atoms with Gasteiger partial charge in [0.25, 0.3) is 0 Å². The van der Waals surface area contributed by atoms with Crippen LogP contribution in [0.1, 0.15) is 13.8 Å². The number of nitrogens with one attached hydrogen (secondary N) is 2. The minimum atomic E-state index is -3.58. The quantitative estimate of drug-likeness (QED) is 0.621. The zero-order valence-corrected chi connectivity index (χ0v) is 13.9. The van der Waals surface area contributed by atoms with Crippen LogP contribution in [0.3, 0.4) is 0 Å². The molecule has 7 nitrogen and oxygen atoms in total. The van der Waals surface area contributed by atoms with Crippen LogP contribution in [-0.4, -0.2) is 41.4 Å². The SMILES string of the molecule is CCNS(=O)(=O)c1ccc(N)c(NC(C)CS(C)(=O)=O)c1. The van der Waals surface area contributed by atoms with Crippen LogP contribution in [0.2, 0.25) is 0 Å². The van der Waals surface area contributed by atoms with Crippen LogP contribution >= 0.6 is 0 Å². The Kier molecular flexibility index (Phi) is 5.60. The second-order valence-corrected chi connectivity index (χ2v) is 8.84. The van der Waals surface area contributed by atoms with E-state index in [-0.39, 0.29) is 23.2 Å². The molecule has 1 aromatic rings. The Morgan fingerprint density at radius 2 is 1.86 bits per heavy atom. The minimum Gasteiger partial charge on any atom is -0.397 e. The highest BCUT2D eigenvalue weighted by Crippen LogP contribution is 2.23. The number of benzene rings is 1. The van der Waals surface area contributed by atoms with Gasteiger partial charge in [-0.1, -0.05) is 6.92 Å². The summed E-state index contributed by atoms with van der Waals surface area (Å²) in [5, 5.41) is 2.92. The maximum Gasteiger partial charge on any atom is 0.240 e. The zero-order chi connectivity index (χ0) is 16.3. The molecule has 0 bridgehead atoms. The van der Waals surface area contributed by atoms with Crippen LogP contribution < -0.4 is 15.8 Å². The lowest BCUT2D eigenvalue weighted by Gasteiger charge is -2.17. The van der Waals surface area contributed by atoms with Crippen molar-refractivity contribution in [3.8, 4) is 0 Å². The lowest BCUT2D eigenvalue weighted by molar-refractivity contribution is 0.583. The molecular formula is C12H21N3O4S2. The number of rotatable bonds is 7. The van der Waals surface area contributed by atoms with E-state index in [1.54, 1.807) is 13.8 Å². The van der Waals surface area contributed by atoms with E-state index in [2.05, 4.69) is 10.0 Å². The zero-order valence-electron chi connectivity index (χ0n) is 12.3. The average Bonchev–Trinajstić information content (AvgIpc) is 2.29. The maximum atomic E-state index is 11.9. The van der Waals surface area contributed by atoms with Gasteiger partial charge in [-0.3, -0.25) is 0 Å². The van der Waals surface area contributed by atoms with Gasteiger partial charge in [0.2, 0.25) is 10.0 Å². The molecule has 0 saturated carbocycles. The van der Waals surface area contributed by atoms with Gasteiger partial charge in [-0.2, -0.15) is 0 Å². The van der Waals surface area contributed by atoms with Crippen LogP contribution in [0.5, 0.6) is 0 Å². The summed E-state index contributed by atoms with van der Waals surface area (Å²) in [6.07, 6.45) is 1.14. The molecule has 0 aliphatic carbocycles. The fraction of sp³-hybridized carbons (Fsp3) is 0.500. The molecule has 0 aliphatic heterocycles. The standard InChI is InChI=1S/C12H21N3O4S2/c1-4-14-21(18,19)10-5-6-11(13)12(7-10)15-9(2)8-20(3,16)17/h5-7,9,14-15H,4,8,13H2,1-3H3. The van der Waals surface area contributed by atoms with Gasteiger partial charge in [-0.15, -0.1) is 0 Å². The van der Waals surface area contributed by atoms with Crippen LogP contribution in [0.4, 0.5) is 11.4 Å². The molecule has 21 heavy (non-hydrogen) atoms. The maximum absolute atomic E-state index is 11.9. The van der Waals surface area contributed by atoms with Crippen molar-refractivity contribution in [2.24, 2.45) is 0 Å². The monoisotopic (exact) mass is 335 g/mol. The predicted molar refractivity (Wildman–Crippen MR) is 84.5 cm³/mol. The second-order valence-electron chi connectivity index (χ2n) is 4.89. The Morgan fingerprint density at radius 1 is 1.24 bits per heavy atom. The molecule has 120 valence electrons. The molecule has 0 aliphatic rings. The fourth-order valence-corrected chi connectivity index (χ4v) is 3.92. The molecule has 9 heteroatoms. The molecule has 0 spiro atoms. The molecule has 0 aromatic heterocycles. The van der Waals surface area contributed by atoms with Crippen LogP contribution in [-0.2, 0) is 19.9 Å². The summed E-state index contributed by atoms with van der Waals surface area (Å²) in [6, 6.07) is 3.88. The van der Waals surface area contributed by atoms with Crippen molar-refractivity contribution in [3.05, 3.63) is 18.2 Å². The van der Waals surface area contributed by atoms with Crippen LogP contribution in [0, 0.1) is 0 Å². The number of nitrogens with two attached hydrogens (primary N) is 1. The van der Waals surface area contributed by atoms with Crippen molar-refractivity contribution in [1.82, 2.24) is 4.72 Å². The third-order valence-corrected chi connectivity index (χ3v) is 5.27. The number of hydrogen-bond acceptors (Lipinski definition) is 6. The van der Waals surface area contributed by atoms with Crippen LogP contribution in [0.25, 0.3) is 0 Å². The van der Waals surface area contributed by atoms with Gasteiger partial charge < -0.3 is 11.1 Å². The smallest absolute Gasteiger partial charge is 0.240 e. The van der Waals surface area contributed by atoms with Crippen LogP contribution in [0.15, 0.2) is 23.1 Å². The minimum absolute atomic E-state index is 0.0728. The number of nitrogen functional groups attached to an aromatic ring is 1. The van der Waals surface area contributed by atoms with E-state index in [1.165, 1.54) is 18.2 Å². The van der Waals surface area contributed by atoms with Gasteiger partial charge in [0.05, 0.1) is 22.0 Å². The molecular weight excluding hydrogens is 314 g/mol. The van der Waals surface area contributed by atoms with Gasteiger partial charge in [0.15, 0.2) is 0 Å². The first kappa shape index (κ1) is 17.7. The predicted octanol–water partition coefficient (Wildman–Crippen LogP) is 0.412. The summed E-state index contributed by atoms with van der Waals surface area (Å²) in [7, 11) is -6.72. The molecule has 0 heterocycles. The molecule has 1 aromatic carbocycles. The number of hydrogen-bond donors (Lipinski definition) is 3. The lowest BCUT2D eigenvalue weighted by atomic mass is 10.2. The Morgan fingerprint density at radius 3 is 2.38 bits per heavy atom. The average molecular weight is 335 g/mol. The summed E-state index contributed by atoms with van der Waals surface area (Å²) >= 11 is 0. The third-order valence-electron chi connectivity index (χ3n) is 2.62. The summed E-state index contributed by atoms with van der Waals surface area (Å²) < 4.78 is 48.8. The first-order valence-corrected chi connectivity index (χ1v) is 9.93. The van der Waals surface area contributed by atoms with E-state index in [4.69, 9.17) is 5.73 Å². The Hall–Kier alpha value is -1.32. The largest absolute Gasteiger partial charge is 0.397 e. The highest BCUT2D eigenvalue weighted by atomic mass is 32.2. The lowest BCUT2D eigenvalue weighted by Crippen LogP contribution is -2.26.